The molecular weight excluding hydrogens is 188 g/mol. The molecule has 0 aromatic heterocycles. The summed E-state index contributed by atoms with van der Waals surface area (Å²) in [6.45, 7) is 6.16. The molecule has 0 amide bonds. The molecule has 2 unspecified atom stereocenters. The Balaban J connectivity index is 1.68. The Bertz CT molecular complexity index is 180. The topological polar surface area (TPSA) is 33.3 Å². The van der Waals surface area contributed by atoms with E-state index in [1.54, 1.807) is 0 Å². The number of hydrogen-bond acceptors (Lipinski definition) is 3. The molecule has 1 saturated heterocycles. The minimum atomic E-state index is 0.573. The third-order valence-electron chi connectivity index (χ3n) is 3.69. The van der Waals surface area contributed by atoms with Crippen LogP contribution in [0.2, 0.25) is 0 Å². The molecule has 88 valence electrons. The highest BCUT2D eigenvalue weighted by Crippen LogP contribution is 2.19. The fourth-order valence-electron chi connectivity index (χ4n) is 2.74. The lowest BCUT2D eigenvalue weighted by molar-refractivity contribution is 0.181. The van der Waals surface area contributed by atoms with Crippen molar-refractivity contribution in [2.45, 2.75) is 44.7 Å². The fraction of sp³-hybridized carbons (Fsp3) is 1.00. The minimum Gasteiger partial charge on any atom is -0.379 e. The summed E-state index contributed by atoms with van der Waals surface area (Å²) in [4.78, 5) is 0. The van der Waals surface area contributed by atoms with Gasteiger partial charge in [-0.1, -0.05) is 19.8 Å². The summed E-state index contributed by atoms with van der Waals surface area (Å²) in [6.07, 6.45) is 5.57. The summed E-state index contributed by atoms with van der Waals surface area (Å²) < 4.78 is 5.53. The van der Waals surface area contributed by atoms with Crippen molar-refractivity contribution in [2.24, 2.45) is 5.92 Å². The third kappa shape index (κ3) is 3.16. The summed E-state index contributed by atoms with van der Waals surface area (Å²) in [5.41, 5.74) is 0. The molecule has 0 radical (unpaired) electrons. The molecule has 2 atom stereocenters. The normalized spacial score (nSPS) is 32.6. The molecule has 1 heterocycles. The van der Waals surface area contributed by atoms with E-state index < -0.39 is 0 Å². The average Bonchev–Trinajstić information content (AvgIpc) is 2.85. The smallest absolute Gasteiger partial charge is 0.0623 e. The maximum atomic E-state index is 5.53. The number of likely N-dealkylation sites (N-methyl/N-ethyl adjacent to an activating group) is 1. The van der Waals surface area contributed by atoms with E-state index in [0.717, 1.165) is 32.3 Å². The first kappa shape index (κ1) is 11.4. The number of hydrogen-bond donors (Lipinski definition) is 2. The summed E-state index contributed by atoms with van der Waals surface area (Å²) in [6, 6.07) is 1.36. The maximum Gasteiger partial charge on any atom is 0.0623 e. The SMILES string of the molecule is CCNC1COCC1CNC1CCCC1. The second-order valence-corrected chi connectivity index (χ2v) is 4.85. The minimum absolute atomic E-state index is 0.573. The van der Waals surface area contributed by atoms with Gasteiger partial charge >= 0.3 is 0 Å². The molecule has 2 N–H and O–H groups in total. The van der Waals surface area contributed by atoms with Gasteiger partial charge < -0.3 is 15.4 Å². The van der Waals surface area contributed by atoms with Crippen LogP contribution in [-0.2, 0) is 4.74 Å². The van der Waals surface area contributed by atoms with Crippen molar-refractivity contribution in [2.75, 3.05) is 26.3 Å². The fourth-order valence-corrected chi connectivity index (χ4v) is 2.74. The zero-order chi connectivity index (χ0) is 10.5. The highest BCUT2D eigenvalue weighted by Gasteiger charge is 2.28. The largest absolute Gasteiger partial charge is 0.379 e. The van der Waals surface area contributed by atoms with Crippen LogP contribution in [0.4, 0.5) is 0 Å². The average molecular weight is 212 g/mol. The van der Waals surface area contributed by atoms with Crippen LogP contribution in [0.1, 0.15) is 32.6 Å². The summed E-state index contributed by atoms with van der Waals surface area (Å²) >= 11 is 0. The number of rotatable bonds is 5. The molecule has 2 fully saturated rings. The lowest BCUT2D eigenvalue weighted by atomic mass is 10.0. The summed E-state index contributed by atoms with van der Waals surface area (Å²) in [5, 5.41) is 7.20. The standard InChI is InChI=1S/C12H24N2O/c1-2-13-12-9-15-8-10(12)7-14-11-5-3-4-6-11/h10-14H,2-9H2,1H3. The van der Waals surface area contributed by atoms with E-state index in [2.05, 4.69) is 17.6 Å². The zero-order valence-electron chi connectivity index (χ0n) is 9.80. The van der Waals surface area contributed by atoms with Gasteiger partial charge in [-0.25, -0.2) is 0 Å². The van der Waals surface area contributed by atoms with E-state index in [0.29, 0.717) is 12.0 Å². The Labute approximate surface area is 93.0 Å². The lowest BCUT2D eigenvalue weighted by Gasteiger charge is -2.21. The van der Waals surface area contributed by atoms with Gasteiger partial charge in [-0.05, 0) is 19.4 Å². The van der Waals surface area contributed by atoms with Gasteiger partial charge in [0.15, 0.2) is 0 Å². The molecule has 0 aromatic rings. The van der Waals surface area contributed by atoms with Crippen molar-refractivity contribution in [1.29, 1.82) is 0 Å². The molecule has 3 nitrogen and oxygen atoms in total. The van der Waals surface area contributed by atoms with Gasteiger partial charge in [-0.15, -0.1) is 0 Å². The highest BCUT2D eigenvalue weighted by molar-refractivity contribution is 4.84. The van der Waals surface area contributed by atoms with Crippen molar-refractivity contribution in [3.63, 3.8) is 0 Å². The van der Waals surface area contributed by atoms with Crippen LogP contribution < -0.4 is 10.6 Å². The van der Waals surface area contributed by atoms with Gasteiger partial charge in [0.25, 0.3) is 0 Å². The zero-order valence-corrected chi connectivity index (χ0v) is 9.80. The Morgan fingerprint density at radius 3 is 2.67 bits per heavy atom. The molecule has 15 heavy (non-hydrogen) atoms. The molecule has 0 aromatic carbocycles. The predicted molar refractivity (Wildman–Crippen MR) is 62.0 cm³/mol. The predicted octanol–water partition coefficient (Wildman–Crippen LogP) is 1.14. The summed E-state index contributed by atoms with van der Waals surface area (Å²) in [7, 11) is 0. The Morgan fingerprint density at radius 1 is 1.13 bits per heavy atom. The second-order valence-electron chi connectivity index (χ2n) is 4.85. The van der Waals surface area contributed by atoms with Crippen LogP contribution in [0.3, 0.4) is 0 Å². The third-order valence-corrected chi connectivity index (χ3v) is 3.69. The maximum absolute atomic E-state index is 5.53. The van der Waals surface area contributed by atoms with Crippen LogP contribution in [-0.4, -0.2) is 38.4 Å². The van der Waals surface area contributed by atoms with Crippen LogP contribution >= 0.6 is 0 Å². The van der Waals surface area contributed by atoms with Crippen molar-refractivity contribution in [3.05, 3.63) is 0 Å². The first-order chi connectivity index (χ1) is 7.40. The Hall–Kier alpha value is -0.120. The lowest BCUT2D eigenvalue weighted by Crippen LogP contribution is -2.42. The Kier molecular flexibility index (Phi) is 4.42. The quantitative estimate of drug-likeness (QED) is 0.717. The van der Waals surface area contributed by atoms with Crippen LogP contribution in [0.25, 0.3) is 0 Å². The second kappa shape index (κ2) is 5.83. The Morgan fingerprint density at radius 2 is 1.93 bits per heavy atom. The van der Waals surface area contributed by atoms with Crippen LogP contribution in [0.15, 0.2) is 0 Å². The first-order valence-corrected chi connectivity index (χ1v) is 6.44. The van der Waals surface area contributed by atoms with Crippen molar-refractivity contribution in [1.82, 2.24) is 10.6 Å². The monoisotopic (exact) mass is 212 g/mol. The number of ether oxygens (including phenoxy) is 1. The van der Waals surface area contributed by atoms with E-state index in [-0.39, 0.29) is 0 Å². The van der Waals surface area contributed by atoms with Crippen LogP contribution in [0.5, 0.6) is 0 Å². The van der Waals surface area contributed by atoms with Crippen molar-refractivity contribution < 1.29 is 4.74 Å². The van der Waals surface area contributed by atoms with Gasteiger partial charge in [0.05, 0.1) is 13.2 Å². The number of nitrogens with one attached hydrogen (secondary N) is 2. The van der Waals surface area contributed by atoms with E-state index in [1.165, 1.54) is 25.7 Å². The molecule has 3 heteroatoms. The molecule has 0 spiro atoms. The van der Waals surface area contributed by atoms with Crippen molar-refractivity contribution in [3.8, 4) is 0 Å². The molecular formula is C12H24N2O. The van der Waals surface area contributed by atoms with Gasteiger partial charge in [0.1, 0.15) is 0 Å². The molecule has 0 bridgehead atoms. The van der Waals surface area contributed by atoms with Gasteiger partial charge in [-0.2, -0.15) is 0 Å². The van der Waals surface area contributed by atoms with Gasteiger partial charge in [0, 0.05) is 24.5 Å². The van der Waals surface area contributed by atoms with Gasteiger partial charge in [-0.3, -0.25) is 0 Å². The van der Waals surface area contributed by atoms with Gasteiger partial charge in [0.2, 0.25) is 0 Å². The molecule has 1 aliphatic carbocycles. The molecule has 2 rings (SSSR count). The van der Waals surface area contributed by atoms with E-state index in [1.807, 2.05) is 0 Å². The molecule has 2 aliphatic rings. The van der Waals surface area contributed by atoms with E-state index >= 15 is 0 Å². The van der Waals surface area contributed by atoms with E-state index in [4.69, 9.17) is 4.74 Å². The highest BCUT2D eigenvalue weighted by atomic mass is 16.5. The molecule has 1 aliphatic heterocycles. The van der Waals surface area contributed by atoms with Crippen molar-refractivity contribution >= 4 is 0 Å². The summed E-state index contributed by atoms with van der Waals surface area (Å²) in [5.74, 6) is 0.672. The van der Waals surface area contributed by atoms with Crippen LogP contribution in [0, 0.1) is 5.92 Å². The van der Waals surface area contributed by atoms with E-state index in [9.17, 15) is 0 Å². The molecule has 1 saturated carbocycles. The first-order valence-electron chi connectivity index (χ1n) is 6.44.